The van der Waals surface area contributed by atoms with Gasteiger partial charge in [0.25, 0.3) is 0 Å². The van der Waals surface area contributed by atoms with Crippen LogP contribution in [0.25, 0.3) is 0 Å². The molecule has 1 saturated heterocycles. The molecule has 1 aliphatic rings. The third-order valence-corrected chi connectivity index (χ3v) is 4.80. The number of hydrogen-bond donors (Lipinski definition) is 1. The summed E-state index contributed by atoms with van der Waals surface area (Å²) >= 11 is 0. The van der Waals surface area contributed by atoms with Gasteiger partial charge in [0.15, 0.2) is 0 Å². The van der Waals surface area contributed by atoms with Crippen LogP contribution >= 0.6 is 0 Å². The topological polar surface area (TPSA) is 49.4 Å². The SMILES string of the molecule is Cc1cccc(NS(C)(=O)=O)c1C1CCCN(C(C)C)C1. The fourth-order valence-corrected chi connectivity index (χ4v) is 3.80. The van der Waals surface area contributed by atoms with Gasteiger partial charge in [0.2, 0.25) is 10.0 Å². The molecule has 4 nitrogen and oxygen atoms in total. The second-order valence-corrected chi connectivity index (χ2v) is 8.09. The molecule has 1 unspecified atom stereocenters. The van der Waals surface area contributed by atoms with Crippen molar-refractivity contribution in [3.8, 4) is 0 Å². The summed E-state index contributed by atoms with van der Waals surface area (Å²) in [5, 5.41) is 0. The first-order valence-electron chi connectivity index (χ1n) is 7.59. The Morgan fingerprint density at radius 3 is 2.67 bits per heavy atom. The minimum absolute atomic E-state index is 0.395. The van der Waals surface area contributed by atoms with Gasteiger partial charge in [0.1, 0.15) is 0 Å². The van der Waals surface area contributed by atoms with Gasteiger partial charge in [-0.1, -0.05) is 12.1 Å². The van der Waals surface area contributed by atoms with E-state index >= 15 is 0 Å². The predicted molar refractivity (Wildman–Crippen MR) is 88.3 cm³/mol. The van der Waals surface area contributed by atoms with E-state index in [0.717, 1.165) is 37.2 Å². The molecule has 1 aliphatic heterocycles. The Hall–Kier alpha value is -1.07. The summed E-state index contributed by atoms with van der Waals surface area (Å²) in [6.45, 7) is 8.64. The van der Waals surface area contributed by atoms with E-state index in [-0.39, 0.29) is 0 Å². The Morgan fingerprint density at radius 1 is 1.33 bits per heavy atom. The zero-order valence-corrected chi connectivity index (χ0v) is 14.2. The maximum Gasteiger partial charge on any atom is 0.229 e. The van der Waals surface area contributed by atoms with Crippen LogP contribution in [0.15, 0.2) is 18.2 Å². The van der Waals surface area contributed by atoms with Gasteiger partial charge >= 0.3 is 0 Å². The van der Waals surface area contributed by atoms with Gasteiger partial charge in [-0.2, -0.15) is 0 Å². The number of piperidine rings is 1. The molecule has 2 rings (SSSR count). The Morgan fingerprint density at radius 2 is 2.05 bits per heavy atom. The second kappa shape index (κ2) is 6.36. The first-order chi connectivity index (χ1) is 9.78. The van der Waals surface area contributed by atoms with Crippen molar-refractivity contribution in [2.45, 2.75) is 45.6 Å². The molecule has 0 aliphatic carbocycles. The van der Waals surface area contributed by atoms with Crippen LogP contribution in [-0.2, 0) is 10.0 Å². The fraction of sp³-hybridized carbons (Fsp3) is 0.625. The molecule has 1 heterocycles. The number of likely N-dealkylation sites (tertiary alicyclic amines) is 1. The molecule has 0 amide bonds. The third kappa shape index (κ3) is 4.20. The van der Waals surface area contributed by atoms with Crippen LogP contribution in [0, 0.1) is 6.92 Å². The summed E-state index contributed by atoms with van der Waals surface area (Å²) in [7, 11) is -3.25. The van der Waals surface area contributed by atoms with E-state index in [1.165, 1.54) is 11.8 Å². The fourth-order valence-electron chi connectivity index (χ4n) is 3.22. The highest BCUT2D eigenvalue weighted by atomic mass is 32.2. The highest BCUT2D eigenvalue weighted by Crippen LogP contribution is 2.35. The van der Waals surface area contributed by atoms with Crippen molar-refractivity contribution in [2.24, 2.45) is 0 Å². The summed E-state index contributed by atoms with van der Waals surface area (Å²) in [4.78, 5) is 2.48. The average Bonchev–Trinajstić information content (AvgIpc) is 2.37. The van der Waals surface area contributed by atoms with Crippen molar-refractivity contribution in [1.29, 1.82) is 0 Å². The summed E-state index contributed by atoms with van der Waals surface area (Å²) in [6.07, 6.45) is 3.49. The molecule has 5 heteroatoms. The molecule has 1 fully saturated rings. The zero-order chi connectivity index (χ0) is 15.6. The normalized spacial score (nSPS) is 20.7. The highest BCUT2D eigenvalue weighted by Gasteiger charge is 2.26. The second-order valence-electron chi connectivity index (χ2n) is 6.34. The molecule has 1 N–H and O–H groups in total. The van der Waals surface area contributed by atoms with Gasteiger partial charge in [0.05, 0.1) is 11.9 Å². The number of nitrogens with one attached hydrogen (secondary N) is 1. The van der Waals surface area contributed by atoms with Crippen LogP contribution in [0.4, 0.5) is 5.69 Å². The Kier molecular flexibility index (Phi) is 4.94. The van der Waals surface area contributed by atoms with E-state index in [2.05, 4.69) is 36.5 Å². The molecule has 0 spiro atoms. The van der Waals surface area contributed by atoms with Gasteiger partial charge < -0.3 is 4.90 Å². The number of benzene rings is 1. The minimum atomic E-state index is -3.25. The maximum absolute atomic E-state index is 11.6. The molecular weight excluding hydrogens is 284 g/mol. The number of nitrogens with zero attached hydrogens (tertiary/aromatic N) is 1. The lowest BCUT2D eigenvalue weighted by Gasteiger charge is -2.36. The number of anilines is 1. The lowest BCUT2D eigenvalue weighted by Crippen LogP contribution is -2.39. The summed E-state index contributed by atoms with van der Waals surface area (Å²) in [5.41, 5.74) is 3.07. The van der Waals surface area contributed by atoms with Crippen LogP contribution in [0.1, 0.15) is 43.7 Å². The van der Waals surface area contributed by atoms with Crippen molar-refractivity contribution < 1.29 is 8.42 Å². The molecule has 21 heavy (non-hydrogen) atoms. The maximum atomic E-state index is 11.6. The van der Waals surface area contributed by atoms with Gasteiger partial charge in [0, 0.05) is 12.6 Å². The van der Waals surface area contributed by atoms with E-state index in [1.54, 1.807) is 0 Å². The molecule has 1 atom stereocenters. The number of sulfonamides is 1. The molecule has 0 aromatic heterocycles. The van der Waals surface area contributed by atoms with Crippen molar-refractivity contribution in [2.75, 3.05) is 24.1 Å². The number of rotatable bonds is 4. The lowest BCUT2D eigenvalue weighted by atomic mass is 9.86. The van der Waals surface area contributed by atoms with Crippen LogP contribution in [0.2, 0.25) is 0 Å². The standard InChI is InChI=1S/C16H26N2O2S/c1-12(2)18-10-6-8-14(11-18)16-13(3)7-5-9-15(16)17-21(4,19)20/h5,7,9,12,14,17H,6,8,10-11H2,1-4H3. The smallest absolute Gasteiger partial charge is 0.229 e. The molecule has 0 radical (unpaired) electrons. The largest absolute Gasteiger partial charge is 0.300 e. The van der Waals surface area contributed by atoms with Crippen molar-refractivity contribution in [3.05, 3.63) is 29.3 Å². The first-order valence-corrected chi connectivity index (χ1v) is 9.48. The monoisotopic (exact) mass is 310 g/mol. The number of hydrogen-bond acceptors (Lipinski definition) is 3. The van der Waals surface area contributed by atoms with Crippen molar-refractivity contribution in [1.82, 2.24) is 4.90 Å². The predicted octanol–water partition coefficient (Wildman–Crippen LogP) is 2.95. The van der Waals surface area contributed by atoms with Crippen LogP contribution in [-0.4, -0.2) is 38.7 Å². The van der Waals surface area contributed by atoms with Crippen LogP contribution in [0.3, 0.4) is 0 Å². The van der Waals surface area contributed by atoms with Crippen molar-refractivity contribution >= 4 is 15.7 Å². The quantitative estimate of drug-likeness (QED) is 0.930. The Balaban J connectivity index is 2.33. The summed E-state index contributed by atoms with van der Waals surface area (Å²) < 4.78 is 25.9. The minimum Gasteiger partial charge on any atom is -0.300 e. The molecule has 1 aromatic rings. The van der Waals surface area contributed by atoms with Gasteiger partial charge in [-0.25, -0.2) is 8.42 Å². The Labute approximate surface area is 128 Å². The molecular formula is C16H26N2O2S. The van der Waals surface area contributed by atoms with Crippen molar-refractivity contribution in [3.63, 3.8) is 0 Å². The molecule has 0 bridgehead atoms. The number of aryl methyl sites for hydroxylation is 1. The van der Waals surface area contributed by atoms with Gasteiger partial charge in [-0.15, -0.1) is 0 Å². The molecule has 0 saturated carbocycles. The van der Waals surface area contributed by atoms with Gasteiger partial charge in [-0.3, -0.25) is 4.72 Å². The molecule has 118 valence electrons. The highest BCUT2D eigenvalue weighted by molar-refractivity contribution is 7.92. The average molecular weight is 310 g/mol. The van der Waals surface area contributed by atoms with E-state index in [1.807, 2.05) is 12.1 Å². The third-order valence-electron chi connectivity index (χ3n) is 4.21. The summed E-state index contributed by atoms with van der Waals surface area (Å²) in [6, 6.07) is 6.38. The van der Waals surface area contributed by atoms with E-state index < -0.39 is 10.0 Å². The molecule has 1 aromatic carbocycles. The Bertz CT molecular complexity index is 596. The van der Waals surface area contributed by atoms with Crippen LogP contribution in [0.5, 0.6) is 0 Å². The van der Waals surface area contributed by atoms with Gasteiger partial charge in [-0.05, 0) is 63.3 Å². The first kappa shape index (κ1) is 16.3. The lowest BCUT2D eigenvalue weighted by molar-refractivity contribution is 0.167. The van der Waals surface area contributed by atoms with E-state index in [0.29, 0.717) is 12.0 Å². The zero-order valence-electron chi connectivity index (χ0n) is 13.4. The van der Waals surface area contributed by atoms with E-state index in [9.17, 15) is 8.42 Å². The van der Waals surface area contributed by atoms with Crippen LogP contribution < -0.4 is 4.72 Å². The van der Waals surface area contributed by atoms with E-state index in [4.69, 9.17) is 0 Å². The summed E-state index contributed by atoms with van der Waals surface area (Å²) in [5.74, 6) is 0.395.